The summed E-state index contributed by atoms with van der Waals surface area (Å²) in [5.74, 6) is -0.653. The summed E-state index contributed by atoms with van der Waals surface area (Å²) in [6, 6.07) is 1.68. The van der Waals surface area contributed by atoms with Gasteiger partial charge in [-0.05, 0) is 6.42 Å². The van der Waals surface area contributed by atoms with Gasteiger partial charge in [0.1, 0.15) is 11.9 Å². The Morgan fingerprint density at radius 3 is 2.69 bits per heavy atom. The fourth-order valence-electron chi connectivity index (χ4n) is 0.666. The molecule has 0 bridgehead atoms. The number of nitrogens with one attached hydrogen (secondary N) is 1. The molecule has 0 atom stereocenters. The molecule has 0 aliphatic carbocycles. The molecule has 0 spiro atoms. The van der Waals surface area contributed by atoms with E-state index in [1.807, 2.05) is 6.92 Å². The van der Waals surface area contributed by atoms with Crippen molar-refractivity contribution < 1.29 is 9.53 Å². The van der Waals surface area contributed by atoms with E-state index >= 15 is 0 Å². The number of ether oxygens (including phenoxy) is 1. The molecule has 0 aliphatic heterocycles. The maximum Gasteiger partial charge on any atom is 0.352 e. The average molecular weight is 183 g/mol. The lowest BCUT2D eigenvalue weighted by Gasteiger charge is -2.05. The Labute approximate surface area is 77.2 Å². The average Bonchev–Trinajstić information content (AvgIpc) is 2.15. The number of hydrogen-bond donors (Lipinski definition) is 2. The number of carbonyl (C=O) groups excluding carboxylic acids is 1. The molecule has 0 saturated carbocycles. The van der Waals surface area contributed by atoms with E-state index in [9.17, 15) is 4.79 Å². The summed E-state index contributed by atoms with van der Waals surface area (Å²) in [6.07, 6.45) is 0.862. The molecule has 0 fully saturated rings. The highest BCUT2D eigenvalue weighted by Gasteiger charge is 2.12. The largest absolute Gasteiger partial charge is 0.465 e. The highest BCUT2D eigenvalue weighted by atomic mass is 16.5. The lowest BCUT2D eigenvalue weighted by atomic mass is 10.3. The molecule has 72 valence electrons. The van der Waals surface area contributed by atoms with E-state index in [4.69, 9.17) is 11.0 Å². The molecule has 3 N–H and O–H groups in total. The van der Waals surface area contributed by atoms with Crippen LogP contribution in [0.2, 0.25) is 0 Å². The van der Waals surface area contributed by atoms with Crippen LogP contribution in [0.5, 0.6) is 0 Å². The quantitative estimate of drug-likeness (QED) is 0.359. The van der Waals surface area contributed by atoms with E-state index in [0.29, 0.717) is 6.54 Å². The van der Waals surface area contributed by atoms with Crippen LogP contribution in [-0.4, -0.2) is 19.6 Å². The van der Waals surface area contributed by atoms with E-state index in [1.165, 1.54) is 7.11 Å². The molecule has 0 aromatic heterocycles. The zero-order valence-corrected chi connectivity index (χ0v) is 7.76. The van der Waals surface area contributed by atoms with Crippen molar-refractivity contribution >= 4 is 5.97 Å². The number of nitrogens with two attached hydrogens (primary N) is 1. The van der Waals surface area contributed by atoms with Gasteiger partial charge in [-0.3, -0.25) is 0 Å². The second kappa shape index (κ2) is 5.89. The number of rotatable bonds is 4. The van der Waals surface area contributed by atoms with Crippen molar-refractivity contribution in [3.63, 3.8) is 0 Å². The normalized spacial score (nSPS) is 11.2. The van der Waals surface area contributed by atoms with E-state index < -0.39 is 5.97 Å². The summed E-state index contributed by atoms with van der Waals surface area (Å²) >= 11 is 0. The standard InChI is InChI=1S/C8H13N3O2/c1-3-4-11-7(10)6(5-9)8(12)13-2/h11H,3-4,10H2,1-2H3/b7-6+. The Hall–Kier alpha value is -1.70. The third-order valence-corrected chi connectivity index (χ3v) is 1.34. The molecule has 0 unspecified atom stereocenters. The van der Waals surface area contributed by atoms with Gasteiger partial charge in [0.2, 0.25) is 0 Å². The fourth-order valence-corrected chi connectivity index (χ4v) is 0.666. The first-order valence-corrected chi connectivity index (χ1v) is 3.89. The first-order valence-electron chi connectivity index (χ1n) is 3.89. The predicted octanol–water partition coefficient (Wildman–Crippen LogP) is -0.147. The van der Waals surface area contributed by atoms with E-state index in [2.05, 4.69) is 10.1 Å². The summed E-state index contributed by atoms with van der Waals surface area (Å²) in [7, 11) is 1.20. The van der Waals surface area contributed by atoms with Crippen LogP contribution in [0.4, 0.5) is 0 Å². The molecule has 0 heterocycles. The van der Waals surface area contributed by atoms with Gasteiger partial charge in [0.05, 0.1) is 7.11 Å². The molecule has 0 amide bonds. The van der Waals surface area contributed by atoms with Crippen LogP contribution < -0.4 is 11.1 Å². The van der Waals surface area contributed by atoms with Crippen LogP contribution in [0.25, 0.3) is 0 Å². The van der Waals surface area contributed by atoms with Gasteiger partial charge in [0, 0.05) is 6.54 Å². The monoisotopic (exact) mass is 183 g/mol. The Morgan fingerprint density at radius 1 is 1.69 bits per heavy atom. The molecule has 0 saturated heterocycles. The van der Waals surface area contributed by atoms with Gasteiger partial charge in [0.15, 0.2) is 5.57 Å². The highest BCUT2D eigenvalue weighted by molar-refractivity contribution is 5.93. The highest BCUT2D eigenvalue weighted by Crippen LogP contribution is 1.97. The Bertz CT molecular complexity index is 253. The summed E-state index contributed by atoms with van der Waals surface area (Å²) < 4.78 is 4.37. The third kappa shape index (κ3) is 3.47. The number of carbonyl (C=O) groups is 1. The van der Waals surface area contributed by atoms with Gasteiger partial charge in [-0.15, -0.1) is 0 Å². The Balaban J connectivity index is 4.51. The van der Waals surface area contributed by atoms with Gasteiger partial charge in [0.25, 0.3) is 0 Å². The maximum atomic E-state index is 10.9. The molecule has 5 nitrogen and oxygen atoms in total. The zero-order chi connectivity index (χ0) is 10.3. The first-order chi connectivity index (χ1) is 6.17. The van der Waals surface area contributed by atoms with Gasteiger partial charge < -0.3 is 15.8 Å². The van der Waals surface area contributed by atoms with Crippen molar-refractivity contribution in [3.05, 3.63) is 11.4 Å². The summed E-state index contributed by atoms with van der Waals surface area (Å²) in [5.41, 5.74) is 5.25. The lowest BCUT2D eigenvalue weighted by Crippen LogP contribution is -2.25. The van der Waals surface area contributed by atoms with Crippen molar-refractivity contribution in [2.24, 2.45) is 5.73 Å². The molecule has 13 heavy (non-hydrogen) atoms. The van der Waals surface area contributed by atoms with Gasteiger partial charge in [-0.1, -0.05) is 6.92 Å². The van der Waals surface area contributed by atoms with Gasteiger partial charge in [-0.2, -0.15) is 5.26 Å². The molecule has 0 rings (SSSR count). The van der Waals surface area contributed by atoms with E-state index in [-0.39, 0.29) is 11.4 Å². The lowest BCUT2D eigenvalue weighted by molar-refractivity contribution is -0.135. The van der Waals surface area contributed by atoms with Crippen molar-refractivity contribution in [2.75, 3.05) is 13.7 Å². The van der Waals surface area contributed by atoms with Crippen LogP contribution in [0.1, 0.15) is 13.3 Å². The summed E-state index contributed by atoms with van der Waals surface area (Å²) in [6.45, 7) is 2.57. The number of esters is 1. The van der Waals surface area contributed by atoms with Crippen LogP contribution in [0, 0.1) is 11.3 Å². The molecule has 0 aliphatic rings. The summed E-state index contributed by atoms with van der Waals surface area (Å²) in [4.78, 5) is 10.9. The van der Waals surface area contributed by atoms with Gasteiger partial charge in [-0.25, -0.2) is 4.79 Å². The maximum absolute atomic E-state index is 10.9. The molecule has 5 heteroatoms. The summed E-state index contributed by atoms with van der Waals surface area (Å²) in [5, 5.41) is 11.3. The Kier molecular flexibility index (Phi) is 5.12. The van der Waals surface area contributed by atoms with Crippen molar-refractivity contribution in [3.8, 4) is 6.07 Å². The minimum Gasteiger partial charge on any atom is -0.465 e. The molecule has 0 radical (unpaired) electrons. The molecule has 0 aromatic rings. The number of hydrogen-bond acceptors (Lipinski definition) is 5. The first kappa shape index (κ1) is 11.3. The minimum absolute atomic E-state index is 0.0659. The molecule has 0 aromatic carbocycles. The third-order valence-electron chi connectivity index (χ3n) is 1.34. The zero-order valence-electron chi connectivity index (χ0n) is 7.76. The smallest absolute Gasteiger partial charge is 0.352 e. The predicted molar refractivity (Wildman–Crippen MR) is 47.1 cm³/mol. The van der Waals surface area contributed by atoms with Gasteiger partial charge >= 0.3 is 5.97 Å². The van der Waals surface area contributed by atoms with E-state index in [1.54, 1.807) is 6.07 Å². The van der Waals surface area contributed by atoms with E-state index in [0.717, 1.165) is 6.42 Å². The van der Waals surface area contributed by atoms with Crippen molar-refractivity contribution in [1.29, 1.82) is 5.26 Å². The number of nitrogens with zero attached hydrogens (tertiary/aromatic N) is 1. The minimum atomic E-state index is -0.719. The van der Waals surface area contributed by atoms with Crippen molar-refractivity contribution in [1.82, 2.24) is 5.32 Å². The molecular formula is C8H13N3O2. The second-order valence-electron chi connectivity index (χ2n) is 2.32. The fraction of sp³-hybridized carbons (Fsp3) is 0.500. The van der Waals surface area contributed by atoms with Crippen LogP contribution in [0.15, 0.2) is 11.4 Å². The number of nitriles is 1. The Morgan fingerprint density at radius 2 is 2.31 bits per heavy atom. The topological polar surface area (TPSA) is 88.1 Å². The number of methoxy groups -OCH3 is 1. The van der Waals surface area contributed by atoms with Crippen molar-refractivity contribution in [2.45, 2.75) is 13.3 Å². The second-order valence-corrected chi connectivity index (χ2v) is 2.32. The van der Waals surface area contributed by atoms with Crippen LogP contribution >= 0.6 is 0 Å². The van der Waals surface area contributed by atoms with Crippen LogP contribution in [-0.2, 0) is 9.53 Å². The SMILES string of the molecule is CCCN/C(N)=C(\C#N)C(=O)OC. The molecular weight excluding hydrogens is 170 g/mol. The van der Waals surface area contributed by atoms with Crippen LogP contribution in [0.3, 0.4) is 0 Å².